The molecule has 0 spiro atoms. The zero-order chi connectivity index (χ0) is 14.3. The van der Waals surface area contributed by atoms with Gasteiger partial charge in [-0.25, -0.2) is 4.79 Å². The molecule has 0 aromatic rings. The van der Waals surface area contributed by atoms with Gasteiger partial charge in [0.05, 0.1) is 6.61 Å². The minimum atomic E-state index is -0.444. The second kappa shape index (κ2) is 8.43. The van der Waals surface area contributed by atoms with Gasteiger partial charge in [0.2, 0.25) is 5.91 Å². The first-order valence-electron chi connectivity index (χ1n) is 6.89. The van der Waals surface area contributed by atoms with Crippen LogP contribution in [-0.2, 0) is 14.3 Å². The van der Waals surface area contributed by atoms with Crippen LogP contribution in [0, 0.1) is 0 Å². The SMILES string of the molecule is CCCC(N)CC(=O)N1CCSCC1C(=O)OCC. The monoisotopic (exact) mass is 288 g/mol. The molecule has 1 fully saturated rings. The van der Waals surface area contributed by atoms with Gasteiger partial charge in [-0.2, -0.15) is 11.8 Å². The lowest BCUT2D eigenvalue weighted by Crippen LogP contribution is -2.52. The fraction of sp³-hybridized carbons (Fsp3) is 0.846. The Hall–Kier alpha value is -0.750. The second-order valence-corrected chi connectivity index (χ2v) is 5.83. The molecule has 1 rings (SSSR count). The number of nitrogens with zero attached hydrogens (tertiary/aromatic N) is 1. The number of nitrogens with two attached hydrogens (primary N) is 1. The van der Waals surface area contributed by atoms with Gasteiger partial charge in [0.1, 0.15) is 6.04 Å². The van der Waals surface area contributed by atoms with E-state index in [1.807, 2.05) is 6.92 Å². The van der Waals surface area contributed by atoms with Crippen LogP contribution < -0.4 is 5.73 Å². The largest absolute Gasteiger partial charge is 0.464 e. The Morgan fingerprint density at radius 2 is 2.21 bits per heavy atom. The zero-order valence-corrected chi connectivity index (χ0v) is 12.6. The van der Waals surface area contributed by atoms with E-state index in [2.05, 4.69) is 0 Å². The molecule has 0 bridgehead atoms. The van der Waals surface area contributed by atoms with E-state index in [1.165, 1.54) is 0 Å². The molecule has 2 N–H and O–H groups in total. The maximum absolute atomic E-state index is 12.2. The minimum Gasteiger partial charge on any atom is -0.464 e. The highest BCUT2D eigenvalue weighted by Gasteiger charge is 2.33. The van der Waals surface area contributed by atoms with Crippen molar-refractivity contribution in [1.29, 1.82) is 0 Å². The molecule has 0 radical (unpaired) electrons. The molecule has 2 atom stereocenters. The molecule has 5 nitrogen and oxygen atoms in total. The lowest BCUT2D eigenvalue weighted by molar-refractivity contribution is -0.154. The average molecular weight is 288 g/mol. The molecule has 6 heteroatoms. The molecule has 0 aromatic heterocycles. The van der Waals surface area contributed by atoms with Crippen molar-refractivity contribution in [2.75, 3.05) is 24.7 Å². The highest BCUT2D eigenvalue weighted by atomic mass is 32.2. The maximum Gasteiger partial charge on any atom is 0.329 e. The maximum atomic E-state index is 12.2. The number of ether oxygens (including phenoxy) is 1. The number of rotatable bonds is 6. The van der Waals surface area contributed by atoms with Crippen LogP contribution in [0.5, 0.6) is 0 Å². The quantitative estimate of drug-likeness (QED) is 0.739. The molecule has 110 valence electrons. The average Bonchev–Trinajstić information content (AvgIpc) is 2.39. The molecule has 2 unspecified atom stereocenters. The van der Waals surface area contributed by atoms with Crippen LogP contribution in [0.4, 0.5) is 0 Å². The molecule has 1 saturated heterocycles. The summed E-state index contributed by atoms with van der Waals surface area (Å²) in [5, 5.41) is 0. The Morgan fingerprint density at radius 1 is 1.47 bits per heavy atom. The summed E-state index contributed by atoms with van der Waals surface area (Å²) in [6.45, 7) is 4.77. The number of hydrogen-bond donors (Lipinski definition) is 1. The fourth-order valence-electron chi connectivity index (χ4n) is 2.15. The first kappa shape index (κ1) is 16.3. The summed E-state index contributed by atoms with van der Waals surface area (Å²) >= 11 is 1.68. The van der Waals surface area contributed by atoms with E-state index in [4.69, 9.17) is 10.5 Å². The van der Waals surface area contributed by atoms with Crippen LogP contribution in [0.1, 0.15) is 33.1 Å². The third kappa shape index (κ3) is 5.03. The number of carbonyl (C=O) groups is 2. The van der Waals surface area contributed by atoms with E-state index < -0.39 is 6.04 Å². The van der Waals surface area contributed by atoms with E-state index in [-0.39, 0.29) is 17.9 Å². The summed E-state index contributed by atoms with van der Waals surface area (Å²) in [5.41, 5.74) is 5.90. The molecule has 19 heavy (non-hydrogen) atoms. The van der Waals surface area contributed by atoms with Crippen LogP contribution in [0.25, 0.3) is 0 Å². The van der Waals surface area contributed by atoms with Crippen molar-refractivity contribution in [3.8, 4) is 0 Å². The molecule has 1 aliphatic rings. The molecular weight excluding hydrogens is 264 g/mol. The molecular formula is C13H24N2O3S. The number of esters is 1. The summed E-state index contributed by atoms with van der Waals surface area (Å²) in [5.74, 6) is 1.16. The smallest absolute Gasteiger partial charge is 0.329 e. The summed E-state index contributed by atoms with van der Waals surface area (Å²) in [6.07, 6.45) is 2.11. The van der Waals surface area contributed by atoms with Gasteiger partial charge >= 0.3 is 5.97 Å². The van der Waals surface area contributed by atoms with Crippen molar-refractivity contribution in [3.63, 3.8) is 0 Å². The van der Waals surface area contributed by atoms with Gasteiger partial charge < -0.3 is 15.4 Å². The van der Waals surface area contributed by atoms with Crippen LogP contribution in [0.15, 0.2) is 0 Å². The standard InChI is InChI=1S/C13H24N2O3S/c1-3-5-10(14)8-12(16)15-6-7-19-9-11(15)13(17)18-4-2/h10-11H,3-9,14H2,1-2H3. The topological polar surface area (TPSA) is 72.6 Å². The van der Waals surface area contributed by atoms with Gasteiger partial charge in [-0.3, -0.25) is 4.79 Å². The van der Waals surface area contributed by atoms with E-state index in [0.717, 1.165) is 18.6 Å². The predicted octanol–water partition coefficient (Wildman–Crippen LogP) is 1.01. The molecule has 1 aliphatic heterocycles. The highest BCUT2D eigenvalue weighted by Crippen LogP contribution is 2.19. The Morgan fingerprint density at radius 3 is 2.84 bits per heavy atom. The number of carbonyl (C=O) groups excluding carboxylic acids is 2. The van der Waals surface area contributed by atoms with Gasteiger partial charge in [-0.15, -0.1) is 0 Å². The lowest BCUT2D eigenvalue weighted by Gasteiger charge is -2.34. The zero-order valence-electron chi connectivity index (χ0n) is 11.8. The fourth-order valence-corrected chi connectivity index (χ4v) is 3.18. The third-order valence-electron chi connectivity index (χ3n) is 3.10. The van der Waals surface area contributed by atoms with Crippen molar-refractivity contribution in [2.45, 2.75) is 45.2 Å². The normalized spacial score (nSPS) is 21.0. The first-order chi connectivity index (χ1) is 9.10. The number of hydrogen-bond acceptors (Lipinski definition) is 5. The minimum absolute atomic E-state index is 0.0284. The molecule has 1 heterocycles. The van der Waals surface area contributed by atoms with Gasteiger partial charge in [-0.05, 0) is 13.3 Å². The van der Waals surface area contributed by atoms with Gasteiger partial charge in [0.15, 0.2) is 0 Å². The van der Waals surface area contributed by atoms with E-state index in [0.29, 0.717) is 25.3 Å². The lowest BCUT2D eigenvalue weighted by atomic mass is 10.1. The summed E-state index contributed by atoms with van der Waals surface area (Å²) < 4.78 is 5.04. The van der Waals surface area contributed by atoms with Crippen molar-refractivity contribution in [1.82, 2.24) is 4.90 Å². The Balaban J connectivity index is 2.60. The van der Waals surface area contributed by atoms with Crippen LogP contribution >= 0.6 is 11.8 Å². The van der Waals surface area contributed by atoms with Crippen molar-refractivity contribution in [2.24, 2.45) is 5.73 Å². The highest BCUT2D eigenvalue weighted by molar-refractivity contribution is 7.99. The van der Waals surface area contributed by atoms with E-state index in [1.54, 1.807) is 23.6 Å². The first-order valence-corrected chi connectivity index (χ1v) is 8.05. The Labute approximate surface area is 119 Å². The van der Waals surface area contributed by atoms with Gasteiger partial charge in [-0.1, -0.05) is 13.3 Å². The number of amides is 1. The van der Waals surface area contributed by atoms with E-state index >= 15 is 0 Å². The third-order valence-corrected chi connectivity index (χ3v) is 4.13. The van der Waals surface area contributed by atoms with Crippen LogP contribution in [0.3, 0.4) is 0 Å². The van der Waals surface area contributed by atoms with Crippen molar-refractivity contribution in [3.05, 3.63) is 0 Å². The Bertz CT molecular complexity index is 312. The summed E-state index contributed by atoms with van der Waals surface area (Å²) in [4.78, 5) is 25.7. The van der Waals surface area contributed by atoms with Crippen LogP contribution in [-0.4, -0.2) is 53.5 Å². The van der Waals surface area contributed by atoms with Gasteiger partial charge in [0.25, 0.3) is 0 Å². The molecule has 0 saturated carbocycles. The number of thioether (sulfide) groups is 1. The Kier molecular flexibility index (Phi) is 7.23. The summed E-state index contributed by atoms with van der Waals surface area (Å²) in [6, 6.07) is -0.560. The van der Waals surface area contributed by atoms with Crippen molar-refractivity contribution < 1.29 is 14.3 Å². The predicted molar refractivity (Wildman–Crippen MR) is 77.0 cm³/mol. The second-order valence-electron chi connectivity index (χ2n) is 4.68. The molecule has 0 aliphatic carbocycles. The van der Waals surface area contributed by atoms with E-state index in [9.17, 15) is 9.59 Å². The molecule has 0 aromatic carbocycles. The van der Waals surface area contributed by atoms with Crippen LogP contribution in [0.2, 0.25) is 0 Å². The van der Waals surface area contributed by atoms with Crippen molar-refractivity contribution >= 4 is 23.6 Å². The summed E-state index contributed by atoms with van der Waals surface area (Å²) in [7, 11) is 0. The van der Waals surface area contributed by atoms with Gasteiger partial charge in [0, 0.05) is 30.5 Å². The molecule has 1 amide bonds.